The summed E-state index contributed by atoms with van der Waals surface area (Å²) in [5, 5.41) is 21.5. The second-order valence-corrected chi connectivity index (χ2v) is 10.5. The number of hydrogen-bond donors (Lipinski definition) is 2. The van der Waals surface area contributed by atoms with Crippen LogP contribution in [-0.2, 0) is 6.42 Å². The third-order valence-corrected chi connectivity index (χ3v) is 7.85. The highest BCUT2D eigenvalue weighted by Gasteiger charge is 2.44. The van der Waals surface area contributed by atoms with Crippen molar-refractivity contribution in [1.29, 1.82) is 0 Å². The molecule has 3 atom stereocenters. The fourth-order valence-electron chi connectivity index (χ4n) is 5.25. The molecule has 0 spiro atoms. The van der Waals surface area contributed by atoms with Crippen LogP contribution in [0.15, 0.2) is 40.9 Å². The first-order chi connectivity index (χ1) is 15.4. The maximum atomic E-state index is 11.3. The summed E-state index contributed by atoms with van der Waals surface area (Å²) < 4.78 is 0.876. The zero-order valence-corrected chi connectivity index (χ0v) is 20.1. The SMILES string of the molecule is C[C@@H]1CN(c2nc(Cc3ccccc3)c(C#C[C@@]3(O)CN4CCC3CC4)cc2Br)C[C@H]1O. The van der Waals surface area contributed by atoms with Crippen molar-refractivity contribution < 1.29 is 10.2 Å². The van der Waals surface area contributed by atoms with Crippen LogP contribution in [0.1, 0.15) is 36.6 Å². The van der Waals surface area contributed by atoms with Crippen molar-refractivity contribution >= 4 is 21.7 Å². The summed E-state index contributed by atoms with van der Waals surface area (Å²) >= 11 is 3.70. The normalized spacial score (nSPS) is 31.4. The predicted molar refractivity (Wildman–Crippen MR) is 130 cm³/mol. The van der Waals surface area contributed by atoms with E-state index >= 15 is 0 Å². The van der Waals surface area contributed by atoms with Crippen molar-refractivity contribution in [3.05, 3.63) is 57.7 Å². The number of aliphatic hydroxyl groups is 2. The maximum Gasteiger partial charge on any atom is 0.143 e. The molecule has 4 saturated heterocycles. The van der Waals surface area contributed by atoms with Crippen LogP contribution in [0.25, 0.3) is 0 Å². The molecule has 32 heavy (non-hydrogen) atoms. The van der Waals surface area contributed by atoms with Gasteiger partial charge in [0.15, 0.2) is 0 Å². The van der Waals surface area contributed by atoms with E-state index in [1.54, 1.807) is 0 Å². The van der Waals surface area contributed by atoms with Gasteiger partial charge in [-0.25, -0.2) is 4.98 Å². The molecule has 2 N–H and O–H groups in total. The van der Waals surface area contributed by atoms with E-state index in [0.717, 1.165) is 54.0 Å². The van der Waals surface area contributed by atoms with Crippen LogP contribution >= 0.6 is 15.9 Å². The van der Waals surface area contributed by atoms with Gasteiger partial charge in [-0.3, -0.25) is 4.90 Å². The number of halogens is 1. The highest BCUT2D eigenvalue weighted by molar-refractivity contribution is 9.10. The highest BCUT2D eigenvalue weighted by Crippen LogP contribution is 2.36. The van der Waals surface area contributed by atoms with Crippen molar-refractivity contribution in [1.82, 2.24) is 9.88 Å². The molecule has 5 heterocycles. The van der Waals surface area contributed by atoms with Crippen LogP contribution in [0.2, 0.25) is 0 Å². The summed E-state index contributed by atoms with van der Waals surface area (Å²) in [5.41, 5.74) is 1.98. The summed E-state index contributed by atoms with van der Waals surface area (Å²) in [6, 6.07) is 12.3. The van der Waals surface area contributed by atoms with Crippen LogP contribution in [0.3, 0.4) is 0 Å². The molecular formula is C26H30BrN3O2. The van der Waals surface area contributed by atoms with Crippen molar-refractivity contribution in [3.8, 4) is 11.8 Å². The number of rotatable bonds is 3. The van der Waals surface area contributed by atoms with E-state index in [2.05, 4.69) is 56.6 Å². The topological polar surface area (TPSA) is 59.8 Å². The zero-order chi connectivity index (χ0) is 22.3. The average Bonchev–Trinajstić information content (AvgIpc) is 3.13. The van der Waals surface area contributed by atoms with Gasteiger partial charge in [-0.2, -0.15) is 0 Å². The first kappa shape index (κ1) is 21.9. The molecule has 4 fully saturated rings. The van der Waals surface area contributed by atoms with Crippen LogP contribution in [0.4, 0.5) is 5.82 Å². The Bertz CT molecular complexity index is 1030. The third kappa shape index (κ3) is 4.32. The summed E-state index contributed by atoms with van der Waals surface area (Å²) in [4.78, 5) is 9.49. The minimum Gasteiger partial charge on any atom is -0.391 e. The monoisotopic (exact) mass is 495 g/mol. The van der Waals surface area contributed by atoms with Crippen LogP contribution < -0.4 is 4.90 Å². The third-order valence-electron chi connectivity index (χ3n) is 7.26. The van der Waals surface area contributed by atoms with E-state index in [0.29, 0.717) is 19.5 Å². The first-order valence-electron chi connectivity index (χ1n) is 11.6. The van der Waals surface area contributed by atoms with Crippen molar-refractivity contribution in [2.24, 2.45) is 11.8 Å². The van der Waals surface area contributed by atoms with Gasteiger partial charge in [0.25, 0.3) is 0 Å². The smallest absolute Gasteiger partial charge is 0.143 e. The molecule has 5 nitrogen and oxygen atoms in total. The fraction of sp³-hybridized carbons (Fsp3) is 0.500. The molecule has 6 heteroatoms. The quantitative estimate of drug-likeness (QED) is 0.640. The maximum absolute atomic E-state index is 11.3. The highest BCUT2D eigenvalue weighted by atomic mass is 79.9. The Morgan fingerprint density at radius 3 is 2.56 bits per heavy atom. The van der Waals surface area contributed by atoms with Gasteiger partial charge in [0.2, 0.25) is 0 Å². The molecule has 0 radical (unpaired) electrons. The predicted octanol–water partition coefficient (Wildman–Crippen LogP) is 3.06. The van der Waals surface area contributed by atoms with Crippen molar-refractivity contribution in [2.75, 3.05) is 37.6 Å². The van der Waals surface area contributed by atoms with Crippen LogP contribution in [0, 0.1) is 23.7 Å². The van der Waals surface area contributed by atoms with E-state index in [-0.39, 0.29) is 17.9 Å². The lowest BCUT2D eigenvalue weighted by Gasteiger charge is -2.47. The molecule has 4 aliphatic rings. The number of aromatic nitrogens is 1. The Hall–Kier alpha value is -1.91. The number of β-amino-alcohol motifs (C(OH)–C–C–N with tert-alkyl or cyclic N) is 1. The standard InChI is InChI=1S/C26H30BrN3O2/c1-18-15-30(16-24(18)31)25-22(27)14-20(23(28-25)13-19-5-3-2-4-6-19)7-10-26(32)17-29-11-8-21(26)9-12-29/h2-6,14,18,21,24,31-32H,8-9,11-13,15-17H2,1H3/t18-,24-,26-/m1/s1. The van der Waals surface area contributed by atoms with E-state index in [4.69, 9.17) is 4.98 Å². The largest absolute Gasteiger partial charge is 0.391 e. The van der Waals surface area contributed by atoms with Gasteiger partial charge >= 0.3 is 0 Å². The number of nitrogens with zero attached hydrogens (tertiary/aromatic N) is 3. The Kier molecular flexibility index (Phi) is 6.02. The number of aliphatic hydroxyl groups excluding tert-OH is 1. The van der Waals surface area contributed by atoms with Gasteiger partial charge in [0, 0.05) is 43.5 Å². The van der Waals surface area contributed by atoms with E-state index in [1.807, 2.05) is 24.3 Å². The lowest BCUT2D eigenvalue weighted by atomic mass is 9.75. The molecule has 1 aromatic heterocycles. The summed E-state index contributed by atoms with van der Waals surface area (Å²) in [6.07, 6.45) is 2.36. The summed E-state index contributed by atoms with van der Waals surface area (Å²) in [6.45, 7) is 6.19. The zero-order valence-electron chi connectivity index (χ0n) is 18.5. The molecule has 0 amide bonds. The fourth-order valence-corrected chi connectivity index (χ4v) is 5.82. The molecule has 2 bridgehead atoms. The first-order valence-corrected chi connectivity index (χ1v) is 12.3. The summed E-state index contributed by atoms with van der Waals surface area (Å²) in [7, 11) is 0. The van der Waals surface area contributed by atoms with Crippen molar-refractivity contribution in [2.45, 2.75) is 37.9 Å². The molecule has 1 aromatic carbocycles. The molecule has 168 valence electrons. The summed E-state index contributed by atoms with van der Waals surface area (Å²) in [5.74, 6) is 7.89. The molecule has 6 rings (SSSR count). The Morgan fingerprint density at radius 1 is 1.19 bits per heavy atom. The van der Waals surface area contributed by atoms with Crippen molar-refractivity contribution in [3.63, 3.8) is 0 Å². The Balaban J connectivity index is 1.51. The van der Waals surface area contributed by atoms with Gasteiger partial charge in [-0.15, -0.1) is 0 Å². The second kappa shape index (κ2) is 8.79. The molecule has 4 aliphatic heterocycles. The molecule has 0 aliphatic carbocycles. The number of anilines is 1. The van der Waals surface area contributed by atoms with Gasteiger partial charge in [-0.05, 0) is 53.5 Å². The number of hydrogen-bond acceptors (Lipinski definition) is 5. The minimum atomic E-state index is -0.944. The molecule has 0 unspecified atom stereocenters. The van der Waals surface area contributed by atoms with Gasteiger partial charge in [-0.1, -0.05) is 49.1 Å². The molecule has 0 saturated carbocycles. The van der Waals surface area contributed by atoms with E-state index < -0.39 is 5.60 Å². The van der Waals surface area contributed by atoms with Gasteiger partial charge in [0.05, 0.1) is 16.3 Å². The Labute approximate surface area is 198 Å². The molecule has 2 aromatic rings. The number of fused-ring (bicyclic) bond motifs is 3. The number of benzene rings is 1. The minimum absolute atomic E-state index is 0.215. The van der Waals surface area contributed by atoms with E-state index in [9.17, 15) is 10.2 Å². The van der Waals surface area contributed by atoms with Crippen LogP contribution in [-0.4, -0.2) is 64.5 Å². The Morgan fingerprint density at radius 2 is 1.94 bits per heavy atom. The average molecular weight is 496 g/mol. The second-order valence-electron chi connectivity index (χ2n) is 9.62. The number of pyridine rings is 1. The number of piperidine rings is 3. The van der Waals surface area contributed by atoms with Gasteiger partial charge < -0.3 is 15.1 Å². The van der Waals surface area contributed by atoms with Gasteiger partial charge in [0.1, 0.15) is 11.4 Å². The lowest BCUT2D eigenvalue weighted by Crippen LogP contribution is -2.58. The van der Waals surface area contributed by atoms with E-state index in [1.165, 1.54) is 5.56 Å². The lowest BCUT2D eigenvalue weighted by molar-refractivity contribution is -0.0713. The van der Waals surface area contributed by atoms with Crippen LogP contribution in [0.5, 0.6) is 0 Å². The molecular weight excluding hydrogens is 466 g/mol.